The van der Waals surface area contributed by atoms with Crippen LogP contribution in [-0.4, -0.2) is 33.5 Å². The van der Waals surface area contributed by atoms with Gasteiger partial charge in [0.15, 0.2) is 0 Å². The van der Waals surface area contributed by atoms with E-state index in [2.05, 4.69) is 0 Å². The van der Waals surface area contributed by atoms with Crippen molar-refractivity contribution in [2.45, 2.75) is 20.9 Å². The van der Waals surface area contributed by atoms with Crippen molar-refractivity contribution in [2.75, 3.05) is 13.4 Å². The Labute approximate surface area is 188 Å². The Morgan fingerprint density at radius 2 is 1.81 bits per heavy atom. The Balaban J connectivity index is 2.45. The van der Waals surface area contributed by atoms with Crippen LogP contribution < -0.4 is 16.2 Å². The molecule has 0 saturated carbocycles. The number of sulfone groups is 1. The number of benzene rings is 2. The minimum atomic E-state index is -4.25. The van der Waals surface area contributed by atoms with Crippen LogP contribution in [-0.2, 0) is 9.84 Å². The van der Waals surface area contributed by atoms with Gasteiger partial charge < -0.3 is 16.2 Å². The molecule has 1 aromatic heterocycles. The number of ether oxygens (including phenoxy) is 1. The molecule has 0 atom stereocenters. The van der Waals surface area contributed by atoms with Gasteiger partial charge in [0.05, 0.1) is 26.7 Å². The lowest BCUT2D eigenvalue weighted by atomic mass is 9.94. The number of nitrogens with two attached hydrogens (primary N) is 2. The molecule has 1 heterocycles. The van der Waals surface area contributed by atoms with Crippen LogP contribution >= 0.6 is 23.1 Å². The van der Waals surface area contributed by atoms with Gasteiger partial charge in [0.25, 0.3) is 5.91 Å². The number of thioether (sulfide) groups is 1. The molecule has 7 nitrogen and oxygen atoms in total. The maximum Gasteiger partial charge on any atom is 0.250 e. The van der Waals surface area contributed by atoms with Crippen LogP contribution in [0.5, 0.6) is 5.75 Å². The van der Waals surface area contributed by atoms with Crippen LogP contribution in [0.25, 0.3) is 11.1 Å². The molecule has 0 aliphatic carbocycles. The molecule has 0 fully saturated rings. The minimum absolute atomic E-state index is 0.0219. The second kappa shape index (κ2) is 8.74. The van der Waals surface area contributed by atoms with Crippen LogP contribution in [0, 0.1) is 12.3 Å². The second-order valence-corrected chi connectivity index (χ2v) is 10.6. The lowest BCUT2D eigenvalue weighted by Gasteiger charge is -2.19. The quantitative estimate of drug-likeness (QED) is 0.271. The van der Waals surface area contributed by atoms with Gasteiger partial charge in [0, 0.05) is 0 Å². The summed E-state index contributed by atoms with van der Waals surface area (Å²) >= 11 is 2.31. The molecule has 0 unspecified atom stereocenters. The van der Waals surface area contributed by atoms with Crippen LogP contribution in [0.4, 0.5) is 0 Å². The molecule has 0 bridgehead atoms. The van der Waals surface area contributed by atoms with Crippen molar-refractivity contribution in [3.63, 3.8) is 0 Å². The highest BCUT2D eigenvalue weighted by atomic mass is 32.2. The van der Waals surface area contributed by atoms with Crippen LogP contribution in [0.1, 0.15) is 20.8 Å². The summed E-state index contributed by atoms with van der Waals surface area (Å²) in [6, 6.07) is 11.9. The predicted octanol–water partition coefficient (Wildman–Crippen LogP) is 3.67. The molecule has 0 saturated heterocycles. The van der Waals surface area contributed by atoms with Gasteiger partial charge in [-0.1, -0.05) is 30.3 Å². The van der Waals surface area contributed by atoms with Crippen molar-refractivity contribution in [1.82, 2.24) is 0 Å². The normalized spacial score (nSPS) is 11.3. The fourth-order valence-electron chi connectivity index (χ4n) is 3.33. The van der Waals surface area contributed by atoms with E-state index in [4.69, 9.17) is 21.6 Å². The van der Waals surface area contributed by atoms with E-state index < -0.39 is 15.7 Å². The highest BCUT2D eigenvalue weighted by molar-refractivity contribution is 8.01. The number of nitrogens with one attached hydrogen (secondary N) is 1. The number of rotatable bonds is 7. The molecule has 2 aromatic carbocycles. The largest absolute Gasteiger partial charge is 0.495 e. The second-order valence-electron chi connectivity index (χ2n) is 6.59. The van der Waals surface area contributed by atoms with Crippen molar-refractivity contribution in [3.05, 3.63) is 58.5 Å². The Morgan fingerprint density at radius 1 is 1.16 bits per heavy atom. The van der Waals surface area contributed by atoms with E-state index >= 15 is 0 Å². The van der Waals surface area contributed by atoms with Gasteiger partial charge in [-0.2, -0.15) is 0 Å². The first-order valence-electron chi connectivity index (χ1n) is 8.97. The van der Waals surface area contributed by atoms with E-state index in [9.17, 15) is 13.2 Å². The number of hydrogen-bond donors (Lipinski definition) is 3. The number of hydrogen-bond acceptors (Lipinski definition) is 7. The summed E-state index contributed by atoms with van der Waals surface area (Å²) in [5, 5.41) is 7.68. The number of nitrogen functional groups attached to an aromatic ring is 1. The highest BCUT2D eigenvalue weighted by Crippen LogP contribution is 2.44. The Hall–Kier alpha value is -2.82. The smallest absolute Gasteiger partial charge is 0.250 e. The summed E-state index contributed by atoms with van der Waals surface area (Å²) < 4.78 is 33.5. The number of methoxy groups -OCH3 is 1. The van der Waals surface area contributed by atoms with Gasteiger partial charge in [-0.05, 0) is 42.0 Å². The Bertz CT molecular complexity index is 1280. The lowest BCUT2D eigenvalue weighted by molar-refractivity contribution is 0.0997. The van der Waals surface area contributed by atoms with E-state index in [1.54, 1.807) is 43.5 Å². The van der Waals surface area contributed by atoms with Crippen molar-refractivity contribution in [2.24, 2.45) is 11.5 Å². The van der Waals surface area contributed by atoms with Gasteiger partial charge in [0.2, 0.25) is 9.84 Å². The number of primary amides is 1. The minimum Gasteiger partial charge on any atom is -0.495 e. The van der Waals surface area contributed by atoms with Crippen LogP contribution in [0.3, 0.4) is 0 Å². The molecule has 31 heavy (non-hydrogen) atoms. The first-order valence-corrected chi connectivity index (χ1v) is 12.5. The molecule has 3 aromatic rings. The zero-order chi connectivity index (χ0) is 22.9. The molecule has 1 amide bonds. The molecule has 0 spiro atoms. The number of carbonyl (C=O) groups is 1. The zero-order valence-electron chi connectivity index (χ0n) is 17.1. The maximum absolute atomic E-state index is 13.8. The molecular formula is C21H21N3O4S3. The van der Waals surface area contributed by atoms with Gasteiger partial charge in [0.1, 0.15) is 16.5 Å². The highest BCUT2D eigenvalue weighted by Gasteiger charge is 2.34. The predicted molar refractivity (Wildman–Crippen MR) is 124 cm³/mol. The van der Waals surface area contributed by atoms with Gasteiger partial charge in [-0.3, -0.25) is 10.2 Å². The van der Waals surface area contributed by atoms with E-state index in [0.717, 1.165) is 11.3 Å². The van der Waals surface area contributed by atoms with E-state index in [1.807, 2.05) is 6.07 Å². The Kier molecular flexibility index (Phi) is 6.44. The number of thiophene rings is 1. The summed E-state index contributed by atoms with van der Waals surface area (Å²) in [6.45, 7) is 1.76. The third kappa shape index (κ3) is 4.06. The monoisotopic (exact) mass is 475 g/mol. The molecule has 0 radical (unpaired) electrons. The maximum atomic E-state index is 13.8. The molecule has 10 heteroatoms. The molecule has 5 N–H and O–H groups in total. The first-order chi connectivity index (χ1) is 14.6. The van der Waals surface area contributed by atoms with Crippen LogP contribution in [0.15, 0.2) is 56.5 Å². The Morgan fingerprint density at radius 3 is 2.32 bits per heavy atom. The summed E-state index contributed by atoms with van der Waals surface area (Å²) in [7, 11) is -2.91. The van der Waals surface area contributed by atoms with Gasteiger partial charge in [-0.25, -0.2) is 8.42 Å². The van der Waals surface area contributed by atoms with Crippen LogP contribution in [0.2, 0.25) is 0 Å². The third-order valence-electron chi connectivity index (χ3n) is 4.65. The summed E-state index contributed by atoms with van der Waals surface area (Å²) in [4.78, 5) is 12.6. The van der Waals surface area contributed by atoms with E-state index in [-0.39, 0.29) is 26.9 Å². The van der Waals surface area contributed by atoms with E-state index in [1.165, 1.54) is 24.9 Å². The fourth-order valence-corrected chi connectivity index (χ4v) is 7.54. The van der Waals surface area contributed by atoms with Crippen molar-refractivity contribution in [3.8, 4) is 16.9 Å². The molecule has 3 rings (SSSR count). The number of aryl methyl sites for hydroxylation is 1. The van der Waals surface area contributed by atoms with Crippen molar-refractivity contribution < 1.29 is 17.9 Å². The average Bonchev–Trinajstić information content (AvgIpc) is 3.19. The lowest BCUT2D eigenvalue weighted by Crippen LogP contribution is -2.20. The molecule has 0 aliphatic heterocycles. The van der Waals surface area contributed by atoms with Crippen molar-refractivity contribution in [1.29, 1.82) is 5.41 Å². The summed E-state index contributed by atoms with van der Waals surface area (Å²) in [5.41, 5.74) is 12.9. The zero-order valence-corrected chi connectivity index (χ0v) is 19.5. The van der Waals surface area contributed by atoms with Gasteiger partial charge in [-0.15, -0.1) is 23.1 Å². The standard InChI is InChI=1S/C21H21N3O4S3/c1-11-9-13(28-2)18(17(20(24)25)16(11)12-7-5-4-6-8-12)31(26,27)15-10-14(19(22)23)30-21(15)29-3/h4-10H,1-3H3,(H3,22,23)(H2,24,25). The number of carbonyl (C=O) groups excluding carboxylic acids is 1. The topological polar surface area (TPSA) is 136 Å². The number of amides is 1. The van der Waals surface area contributed by atoms with Crippen molar-refractivity contribution >= 4 is 44.7 Å². The first kappa shape index (κ1) is 22.9. The van der Waals surface area contributed by atoms with E-state index in [0.29, 0.717) is 25.8 Å². The summed E-state index contributed by atoms with van der Waals surface area (Å²) in [5.74, 6) is -1.10. The number of amidine groups is 1. The average molecular weight is 476 g/mol. The molecule has 162 valence electrons. The molecular weight excluding hydrogens is 454 g/mol. The van der Waals surface area contributed by atoms with Gasteiger partial charge >= 0.3 is 0 Å². The fraction of sp³-hybridized carbons (Fsp3) is 0.143. The third-order valence-corrected chi connectivity index (χ3v) is 9.05. The SMILES string of the molecule is COc1cc(C)c(-c2ccccc2)c(C(N)=O)c1S(=O)(=O)c1cc(C(=N)N)sc1SC. The summed E-state index contributed by atoms with van der Waals surface area (Å²) in [6.07, 6.45) is 1.73. The molecule has 0 aliphatic rings.